The van der Waals surface area contributed by atoms with Crippen molar-refractivity contribution in [3.8, 4) is 17.2 Å². The minimum absolute atomic E-state index is 0.0816. The van der Waals surface area contributed by atoms with Gasteiger partial charge in [0.1, 0.15) is 5.75 Å². The van der Waals surface area contributed by atoms with Crippen molar-refractivity contribution in [2.24, 2.45) is 0 Å². The van der Waals surface area contributed by atoms with E-state index >= 15 is 0 Å². The first kappa shape index (κ1) is 14.1. The van der Waals surface area contributed by atoms with Crippen LogP contribution in [-0.2, 0) is 6.61 Å². The monoisotopic (exact) mass is 277 g/mol. The number of nitrogen functional groups attached to an aromatic ring is 1. The van der Waals surface area contributed by atoms with E-state index in [2.05, 4.69) is 0 Å². The SMILES string of the molecule is CCOc1cc(Oc2ccccc2CO)c(N)cc1F. The van der Waals surface area contributed by atoms with E-state index in [4.69, 9.17) is 15.2 Å². The number of aliphatic hydroxyl groups excluding tert-OH is 1. The summed E-state index contributed by atoms with van der Waals surface area (Å²) in [5.41, 5.74) is 6.53. The molecule has 0 aliphatic carbocycles. The van der Waals surface area contributed by atoms with Crippen LogP contribution in [0.5, 0.6) is 17.2 Å². The summed E-state index contributed by atoms with van der Waals surface area (Å²) in [6, 6.07) is 9.56. The van der Waals surface area contributed by atoms with E-state index in [1.54, 1.807) is 31.2 Å². The summed E-state index contributed by atoms with van der Waals surface area (Å²) in [5.74, 6) is 0.303. The fourth-order valence-electron chi connectivity index (χ4n) is 1.76. The highest BCUT2D eigenvalue weighted by Crippen LogP contribution is 2.34. The summed E-state index contributed by atoms with van der Waals surface area (Å²) in [4.78, 5) is 0. The van der Waals surface area contributed by atoms with Gasteiger partial charge in [-0.15, -0.1) is 0 Å². The third-order valence-corrected chi connectivity index (χ3v) is 2.73. The van der Waals surface area contributed by atoms with Gasteiger partial charge in [0.2, 0.25) is 0 Å². The predicted molar refractivity (Wildman–Crippen MR) is 74.4 cm³/mol. The molecule has 106 valence electrons. The normalized spacial score (nSPS) is 10.3. The molecule has 0 saturated carbocycles. The number of benzene rings is 2. The standard InChI is InChI=1S/C15H16FNO3/c1-2-19-14-8-15(12(17)7-11(14)16)20-13-6-4-3-5-10(13)9-18/h3-8,18H,2,9,17H2,1H3. The lowest BCUT2D eigenvalue weighted by Gasteiger charge is -2.13. The summed E-state index contributed by atoms with van der Waals surface area (Å²) in [5, 5.41) is 9.25. The average Bonchev–Trinajstić information content (AvgIpc) is 2.45. The lowest BCUT2D eigenvalue weighted by Crippen LogP contribution is -2.00. The molecule has 0 saturated heterocycles. The molecule has 0 spiro atoms. The van der Waals surface area contributed by atoms with Gasteiger partial charge in [-0.3, -0.25) is 0 Å². The minimum Gasteiger partial charge on any atom is -0.491 e. The van der Waals surface area contributed by atoms with Crippen LogP contribution in [-0.4, -0.2) is 11.7 Å². The largest absolute Gasteiger partial charge is 0.491 e. The average molecular weight is 277 g/mol. The Labute approximate surface area is 116 Å². The molecule has 5 heteroatoms. The van der Waals surface area contributed by atoms with Crippen LogP contribution in [0.1, 0.15) is 12.5 Å². The third-order valence-electron chi connectivity index (χ3n) is 2.73. The zero-order valence-electron chi connectivity index (χ0n) is 11.1. The molecule has 4 nitrogen and oxygen atoms in total. The van der Waals surface area contributed by atoms with Gasteiger partial charge in [0, 0.05) is 17.7 Å². The number of anilines is 1. The smallest absolute Gasteiger partial charge is 0.167 e. The van der Waals surface area contributed by atoms with Crippen LogP contribution < -0.4 is 15.2 Å². The van der Waals surface area contributed by atoms with Gasteiger partial charge in [-0.1, -0.05) is 18.2 Å². The maximum Gasteiger partial charge on any atom is 0.167 e. The van der Waals surface area contributed by atoms with Gasteiger partial charge in [-0.05, 0) is 13.0 Å². The molecular weight excluding hydrogens is 261 g/mol. The summed E-state index contributed by atoms with van der Waals surface area (Å²) in [6.45, 7) is 1.94. The molecule has 0 aromatic heterocycles. The Hall–Kier alpha value is -2.27. The van der Waals surface area contributed by atoms with Gasteiger partial charge in [0.15, 0.2) is 17.3 Å². The molecule has 0 aliphatic rings. The first-order valence-electron chi connectivity index (χ1n) is 6.24. The second-order valence-electron chi connectivity index (χ2n) is 4.12. The van der Waals surface area contributed by atoms with Gasteiger partial charge in [0.05, 0.1) is 18.9 Å². The summed E-state index contributed by atoms with van der Waals surface area (Å²) >= 11 is 0. The van der Waals surface area contributed by atoms with E-state index in [-0.39, 0.29) is 23.8 Å². The predicted octanol–water partition coefficient (Wildman–Crippen LogP) is 3.09. The van der Waals surface area contributed by atoms with Crippen molar-refractivity contribution in [2.45, 2.75) is 13.5 Å². The minimum atomic E-state index is -0.535. The Morgan fingerprint density at radius 3 is 2.60 bits per heavy atom. The van der Waals surface area contributed by atoms with Crippen molar-refractivity contribution in [1.29, 1.82) is 0 Å². The molecule has 2 aromatic rings. The molecule has 20 heavy (non-hydrogen) atoms. The second-order valence-corrected chi connectivity index (χ2v) is 4.12. The maximum absolute atomic E-state index is 13.6. The van der Waals surface area contributed by atoms with Crippen LogP contribution in [0.25, 0.3) is 0 Å². The number of hydrogen-bond acceptors (Lipinski definition) is 4. The molecule has 0 radical (unpaired) electrons. The Morgan fingerprint density at radius 1 is 1.15 bits per heavy atom. The Bertz CT molecular complexity index is 602. The fraction of sp³-hybridized carbons (Fsp3) is 0.200. The Kier molecular flexibility index (Phi) is 4.42. The second kappa shape index (κ2) is 6.25. The summed E-state index contributed by atoms with van der Waals surface area (Å²) in [7, 11) is 0. The first-order chi connectivity index (χ1) is 9.65. The molecular formula is C15H16FNO3. The molecule has 2 rings (SSSR count). The molecule has 0 heterocycles. The number of rotatable bonds is 5. The zero-order valence-corrected chi connectivity index (χ0v) is 11.1. The van der Waals surface area contributed by atoms with E-state index in [0.717, 1.165) is 6.07 Å². The van der Waals surface area contributed by atoms with Crippen LogP contribution >= 0.6 is 0 Å². The lowest BCUT2D eigenvalue weighted by molar-refractivity contribution is 0.276. The highest BCUT2D eigenvalue weighted by Gasteiger charge is 2.12. The van der Waals surface area contributed by atoms with Gasteiger partial charge in [-0.2, -0.15) is 0 Å². The lowest BCUT2D eigenvalue weighted by atomic mass is 10.2. The Balaban J connectivity index is 2.35. The van der Waals surface area contributed by atoms with Crippen molar-refractivity contribution < 1.29 is 19.0 Å². The van der Waals surface area contributed by atoms with Crippen molar-refractivity contribution in [2.75, 3.05) is 12.3 Å². The van der Waals surface area contributed by atoms with Crippen molar-refractivity contribution in [3.63, 3.8) is 0 Å². The molecule has 0 aliphatic heterocycles. The fourth-order valence-corrected chi connectivity index (χ4v) is 1.76. The highest BCUT2D eigenvalue weighted by molar-refractivity contribution is 5.58. The summed E-state index contributed by atoms with van der Waals surface area (Å²) < 4.78 is 24.4. The molecule has 0 fully saturated rings. The molecule has 0 atom stereocenters. The quantitative estimate of drug-likeness (QED) is 0.824. The highest BCUT2D eigenvalue weighted by atomic mass is 19.1. The third kappa shape index (κ3) is 3.00. The van der Waals surface area contributed by atoms with E-state index in [9.17, 15) is 9.50 Å². The Morgan fingerprint density at radius 2 is 1.90 bits per heavy atom. The van der Waals surface area contributed by atoms with Gasteiger partial charge in [-0.25, -0.2) is 4.39 Å². The number of hydrogen-bond donors (Lipinski definition) is 2. The van der Waals surface area contributed by atoms with E-state index < -0.39 is 5.82 Å². The molecule has 0 amide bonds. The van der Waals surface area contributed by atoms with Crippen LogP contribution in [0.2, 0.25) is 0 Å². The molecule has 2 aromatic carbocycles. The number of para-hydroxylation sites is 1. The van der Waals surface area contributed by atoms with Crippen molar-refractivity contribution in [3.05, 3.63) is 47.8 Å². The van der Waals surface area contributed by atoms with Gasteiger partial charge in [0.25, 0.3) is 0 Å². The van der Waals surface area contributed by atoms with E-state index in [1.165, 1.54) is 6.07 Å². The zero-order chi connectivity index (χ0) is 14.5. The van der Waals surface area contributed by atoms with Crippen molar-refractivity contribution in [1.82, 2.24) is 0 Å². The number of nitrogens with two attached hydrogens (primary N) is 1. The number of halogens is 1. The van der Waals surface area contributed by atoms with E-state index in [1.807, 2.05) is 0 Å². The first-order valence-corrected chi connectivity index (χ1v) is 6.24. The van der Waals surface area contributed by atoms with Crippen LogP contribution in [0, 0.1) is 5.82 Å². The van der Waals surface area contributed by atoms with Crippen LogP contribution in [0.4, 0.5) is 10.1 Å². The topological polar surface area (TPSA) is 64.7 Å². The molecule has 0 bridgehead atoms. The van der Waals surface area contributed by atoms with Crippen LogP contribution in [0.3, 0.4) is 0 Å². The van der Waals surface area contributed by atoms with Gasteiger partial charge >= 0.3 is 0 Å². The number of aliphatic hydroxyl groups is 1. The molecule has 3 N–H and O–H groups in total. The molecule has 0 unspecified atom stereocenters. The maximum atomic E-state index is 13.6. The van der Waals surface area contributed by atoms with Gasteiger partial charge < -0.3 is 20.3 Å². The van der Waals surface area contributed by atoms with Crippen molar-refractivity contribution >= 4 is 5.69 Å². The van der Waals surface area contributed by atoms with Crippen LogP contribution in [0.15, 0.2) is 36.4 Å². The number of ether oxygens (including phenoxy) is 2. The van der Waals surface area contributed by atoms with E-state index in [0.29, 0.717) is 17.9 Å². The summed E-state index contributed by atoms with van der Waals surface area (Å²) in [6.07, 6.45) is 0.